The van der Waals surface area contributed by atoms with E-state index < -0.39 is 0 Å². The Labute approximate surface area is 146 Å². The number of hydrogen-bond acceptors (Lipinski definition) is 4. The first kappa shape index (κ1) is 16.8. The number of methoxy groups -OCH3 is 1. The molecule has 0 bridgehead atoms. The third-order valence-corrected chi connectivity index (χ3v) is 4.33. The number of carbonyl (C=O) groups is 2. The van der Waals surface area contributed by atoms with E-state index in [4.69, 9.17) is 10.5 Å². The maximum atomic E-state index is 12.6. The van der Waals surface area contributed by atoms with Crippen LogP contribution in [0.1, 0.15) is 20.7 Å². The van der Waals surface area contributed by atoms with E-state index in [2.05, 4.69) is 0 Å². The molecule has 0 atom stereocenters. The largest absolute Gasteiger partial charge is 0.497 e. The summed E-state index contributed by atoms with van der Waals surface area (Å²) < 4.78 is 5.17. The standard InChI is InChI=1S/C19H21N3O3/c1-25-17-4-2-3-15(13-17)19(24)22-11-9-21(10-12-22)18(23)14-5-7-16(20)8-6-14/h2-8,13H,9-12,20H2,1H3. The van der Waals surface area contributed by atoms with Crippen LogP contribution in [0.4, 0.5) is 5.69 Å². The maximum Gasteiger partial charge on any atom is 0.254 e. The highest BCUT2D eigenvalue weighted by molar-refractivity contribution is 5.96. The van der Waals surface area contributed by atoms with Gasteiger partial charge < -0.3 is 20.3 Å². The third-order valence-electron chi connectivity index (χ3n) is 4.33. The van der Waals surface area contributed by atoms with Gasteiger partial charge in [0.2, 0.25) is 0 Å². The van der Waals surface area contributed by atoms with Crippen LogP contribution in [0.25, 0.3) is 0 Å². The Hall–Kier alpha value is -3.02. The molecule has 3 rings (SSSR count). The summed E-state index contributed by atoms with van der Waals surface area (Å²) >= 11 is 0. The van der Waals surface area contributed by atoms with Crippen molar-refractivity contribution in [2.45, 2.75) is 0 Å². The second kappa shape index (κ2) is 7.25. The van der Waals surface area contributed by atoms with E-state index in [0.29, 0.717) is 48.7 Å². The van der Waals surface area contributed by atoms with Gasteiger partial charge in [-0.3, -0.25) is 9.59 Å². The Morgan fingerprint density at radius 1 is 0.880 bits per heavy atom. The van der Waals surface area contributed by atoms with Gasteiger partial charge in [-0.15, -0.1) is 0 Å². The second-order valence-electron chi connectivity index (χ2n) is 5.94. The first-order valence-corrected chi connectivity index (χ1v) is 8.16. The highest BCUT2D eigenvalue weighted by atomic mass is 16.5. The molecule has 1 saturated heterocycles. The molecule has 2 aromatic rings. The van der Waals surface area contributed by atoms with Gasteiger partial charge in [0.1, 0.15) is 5.75 Å². The smallest absolute Gasteiger partial charge is 0.254 e. The van der Waals surface area contributed by atoms with Crippen LogP contribution in [0.3, 0.4) is 0 Å². The highest BCUT2D eigenvalue weighted by Gasteiger charge is 2.25. The van der Waals surface area contributed by atoms with Crippen LogP contribution >= 0.6 is 0 Å². The molecule has 0 spiro atoms. The van der Waals surface area contributed by atoms with Crippen molar-refractivity contribution in [1.82, 2.24) is 9.80 Å². The van der Waals surface area contributed by atoms with Crippen LogP contribution in [0.2, 0.25) is 0 Å². The molecular weight excluding hydrogens is 318 g/mol. The van der Waals surface area contributed by atoms with Crippen LogP contribution in [-0.2, 0) is 0 Å². The summed E-state index contributed by atoms with van der Waals surface area (Å²) in [4.78, 5) is 28.6. The van der Waals surface area contributed by atoms with Gasteiger partial charge in [0.05, 0.1) is 7.11 Å². The lowest BCUT2D eigenvalue weighted by Crippen LogP contribution is -2.50. The first-order valence-electron chi connectivity index (χ1n) is 8.16. The number of nitrogens with zero attached hydrogens (tertiary/aromatic N) is 2. The minimum absolute atomic E-state index is 0.0338. The summed E-state index contributed by atoms with van der Waals surface area (Å²) in [5, 5.41) is 0. The van der Waals surface area contributed by atoms with E-state index >= 15 is 0 Å². The molecule has 2 aromatic carbocycles. The van der Waals surface area contributed by atoms with Crippen LogP contribution in [0.15, 0.2) is 48.5 Å². The van der Waals surface area contributed by atoms with Gasteiger partial charge in [0.15, 0.2) is 0 Å². The van der Waals surface area contributed by atoms with Gasteiger partial charge in [-0.2, -0.15) is 0 Å². The first-order chi connectivity index (χ1) is 12.1. The Morgan fingerprint density at radius 2 is 1.44 bits per heavy atom. The van der Waals surface area contributed by atoms with Crippen molar-refractivity contribution in [2.75, 3.05) is 39.0 Å². The fraction of sp³-hybridized carbons (Fsp3) is 0.263. The Morgan fingerprint density at radius 3 is 2.00 bits per heavy atom. The number of amides is 2. The van der Waals surface area contributed by atoms with Gasteiger partial charge in [0, 0.05) is 43.0 Å². The third kappa shape index (κ3) is 3.74. The number of carbonyl (C=O) groups excluding carboxylic acids is 2. The number of rotatable bonds is 3. The van der Waals surface area contributed by atoms with Gasteiger partial charge in [-0.05, 0) is 42.5 Å². The fourth-order valence-corrected chi connectivity index (χ4v) is 2.86. The molecule has 1 aliphatic rings. The Kier molecular flexibility index (Phi) is 4.88. The Bertz CT molecular complexity index is 766. The highest BCUT2D eigenvalue weighted by Crippen LogP contribution is 2.16. The van der Waals surface area contributed by atoms with Crippen molar-refractivity contribution < 1.29 is 14.3 Å². The molecule has 6 nitrogen and oxygen atoms in total. The van der Waals surface area contributed by atoms with Crippen molar-refractivity contribution in [3.05, 3.63) is 59.7 Å². The van der Waals surface area contributed by atoms with E-state index in [1.165, 1.54) is 0 Å². The minimum Gasteiger partial charge on any atom is -0.497 e. The minimum atomic E-state index is -0.0431. The summed E-state index contributed by atoms with van der Waals surface area (Å²) in [5.41, 5.74) is 7.49. The zero-order valence-corrected chi connectivity index (χ0v) is 14.1. The van der Waals surface area contributed by atoms with Crippen LogP contribution in [0.5, 0.6) is 5.75 Å². The normalized spacial score (nSPS) is 14.3. The molecule has 0 saturated carbocycles. The summed E-state index contributed by atoms with van der Waals surface area (Å²) in [5.74, 6) is 0.579. The predicted octanol–water partition coefficient (Wildman–Crippen LogP) is 1.88. The van der Waals surface area contributed by atoms with Crippen molar-refractivity contribution in [3.63, 3.8) is 0 Å². The predicted molar refractivity (Wildman–Crippen MR) is 95.7 cm³/mol. The van der Waals surface area contributed by atoms with E-state index in [-0.39, 0.29) is 11.8 Å². The van der Waals surface area contributed by atoms with E-state index in [0.717, 1.165) is 0 Å². The molecule has 0 unspecified atom stereocenters. The van der Waals surface area contributed by atoms with Crippen molar-refractivity contribution in [3.8, 4) is 5.75 Å². The average molecular weight is 339 g/mol. The number of benzene rings is 2. The molecule has 1 aliphatic heterocycles. The molecule has 0 radical (unpaired) electrons. The van der Waals surface area contributed by atoms with Crippen molar-refractivity contribution in [2.24, 2.45) is 0 Å². The average Bonchev–Trinajstić information content (AvgIpc) is 2.67. The zero-order chi connectivity index (χ0) is 17.8. The molecule has 0 aromatic heterocycles. The van der Waals surface area contributed by atoms with Crippen LogP contribution in [0, 0.1) is 0 Å². The summed E-state index contributed by atoms with van der Waals surface area (Å²) in [6.07, 6.45) is 0. The van der Waals surface area contributed by atoms with Crippen molar-refractivity contribution >= 4 is 17.5 Å². The van der Waals surface area contributed by atoms with E-state index in [1.54, 1.807) is 65.4 Å². The van der Waals surface area contributed by atoms with E-state index in [9.17, 15) is 9.59 Å². The lowest BCUT2D eigenvalue weighted by atomic mass is 10.1. The molecule has 130 valence electrons. The van der Waals surface area contributed by atoms with Gasteiger partial charge in [0.25, 0.3) is 11.8 Å². The molecule has 6 heteroatoms. The van der Waals surface area contributed by atoms with Crippen LogP contribution in [-0.4, -0.2) is 54.9 Å². The molecule has 1 fully saturated rings. The number of nitrogen functional groups attached to an aromatic ring is 1. The SMILES string of the molecule is COc1cccc(C(=O)N2CCN(C(=O)c3ccc(N)cc3)CC2)c1. The molecule has 2 N–H and O–H groups in total. The van der Waals surface area contributed by atoms with E-state index in [1.807, 2.05) is 0 Å². The van der Waals surface area contributed by atoms with Crippen LogP contribution < -0.4 is 10.5 Å². The molecule has 25 heavy (non-hydrogen) atoms. The summed E-state index contributed by atoms with van der Waals surface area (Å²) in [6, 6.07) is 14.0. The molecule has 0 aliphatic carbocycles. The summed E-state index contributed by atoms with van der Waals surface area (Å²) in [6.45, 7) is 2.05. The molecular formula is C19H21N3O3. The van der Waals surface area contributed by atoms with Gasteiger partial charge in [-0.25, -0.2) is 0 Å². The lowest BCUT2D eigenvalue weighted by Gasteiger charge is -2.35. The lowest BCUT2D eigenvalue weighted by molar-refractivity contribution is 0.0535. The summed E-state index contributed by atoms with van der Waals surface area (Å²) in [7, 11) is 1.57. The van der Waals surface area contributed by atoms with Gasteiger partial charge in [-0.1, -0.05) is 6.07 Å². The molecule has 1 heterocycles. The number of anilines is 1. The Balaban J connectivity index is 1.62. The molecule has 2 amide bonds. The number of nitrogens with two attached hydrogens (primary N) is 1. The monoisotopic (exact) mass is 339 g/mol. The zero-order valence-electron chi connectivity index (χ0n) is 14.1. The second-order valence-corrected chi connectivity index (χ2v) is 5.94. The topological polar surface area (TPSA) is 75.9 Å². The number of piperazine rings is 1. The number of hydrogen-bond donors (Lipinski definition) is 1. The quantitative estimate of drug-likeness (QED) is 0.866. The fourth-order valence-electron chi connectivity index (χ4n) is 2.86. The van der Waals surface area contributed by atoms with Crippen molar-refractivity contribution in [1.29, 1.82) is 0 Å². The maximum absolute atomic E-state index is 12.6. The number of ether oxygens (including phenoxy) is 1. The van der Waals surface area contributed by atoms with Gasteiger partial charge >= 0.3 is 0 Å².